The third-order valence-corrected chi connectivity index (χ3v) is 2.12. The van der Waals surface area contributed by atoms with Crippen molar-refractivity contribution >= 4 is 17.6 Å². The number of carbonyl (C=O) groups excluding carboxylic acids is 1. The highest BCUT2D eigenvalue weighted by Gasteiger charge is 2.19. The lowest BCUT2D eigenvalue weighted by Gasteiger charge is -2.10. The summed E-state index contributed by atoms with van der Waals surface area (Å²) in [4.78, 5) is 11.3. The Labute approximate surface area is 100 Å². The fourth-order valence-electron chi connectivity index (χ4n) is 1.10. The van der Waals surface area contributed by atoms with Gasteiger partial charge in [-0.05, 0) is 6.07 Å². The quantitative estimate of drug-likeness (QED) is 0.785. The van der Waals surface area contributed by atoms with Gasteiger partial charge in [-0.3, -0.25) is 0 Å². The number of nitrogens with zero attached hydrogens (tertiary/aromatic N) is 1. The maximum Gasteiger partial charge on any atom is 0.387 e. The third kappa shape index (κ3) is 3.04. The van der Waals surface area contributed by atoms with Crippen molar-refractivity contribution < 1.29 is 23.0 Å². The number of hydrogen-bond donors (Lipinski definition) is 0. The van der Waals surface area contributed by atoms with Gasteiger partial charge < -0.3 is 9.47 Å². The molecule has 17 heavy (non-hydrogen) atoms. The van der Waals surface area contributed by atoms with E-state index in [1.165, 1.54) is 0 Å². The van der Waals surface area contributed by atoms with Gasteiger partial charge in [0.2, 0.25) is 0 Å². The van der Waals surface area contributed by atoms with Gasteiger partial charge in [0.1, 0.15) is 17.4 Å². The number of carbonyl (C=O) groups is 1. The SMILES string of the molecule is COC(=O)c1cc(Cl)c(C#N)cc1OC(F)F. The van der Waals surface area contributed by atoms with Crippen molar-refractivity contribution in [3.63, 3.8) is 0 Å². The fraction of sp³-hybridized carbons (Fsp3) is 0.200. The van der Waals surface area contributed by atoms with Gasteiger partial charge in [-0.15, -0.1) is 0 Å². The molecule has 0 atom stereocenters. The summed E-state index contributed by atoms with van der Waals surface area (Å²) in [6.45, 7) is -3.12. The van der Waals surface area contributed by atoms with E-state index >= 15 is 0 Å². The lowest BCUT2D eigenvalue weighted by atomic mass is 10.1. The maximum absolute atomic E-state index is 12.1. The Morgan fingerprint density at radius 3 is 2.65 bits per heavy atom. The van der Waals surface area contributed by atoms with Crippen LogP contribution in [0.3, 0.4) is 0 Å². The average molecular weight is 262 g/mol. The molecule has 0 bridgehead atoms. The van der Waals surface area contributed by atoms with E-state index in [9.17, 15) is 13.6 Å². The van der Waals surface area contributed by atoms with Gasteiger partial charge in [-0.2, -0.15) is 14.0 Å². The van der Waals surface area contributed by atoms with Gasteiger partial charge in [0.05, 0.1) is 17.7 Å². The van der Waals surface area contributed by atoms with E-state index in [1.807, 2.05) is 0 Å². The van der Waals surface area contributed by atoms with E-state index in [1.54, 1.807) is 6.07 Å². The van der Waals surface area contributed by atoms with Crippen LogP contribution in [0.4, 0.5) is 8.78 Å². The molecule has 0 spiro atoms. The normalized spacial score (nSPS) is 9.88. The Bertz CT molecular complexity index is 485. The molecule has 0 radical (unpaired) electrons. The van der Waals surface area contributed by atoms with E-state index in [2.05, 4.69) is 9.47 Å². The topological polar surface area (TPSA) is 59.3 Å². The summed E-state index contributed by atoms with van der Waals surface area (Å²) < 4.78 is 32.7. The standard InChI is InChI=1S/C10H6ClF2NO3/c1-16-9(15)6-3-7(11)5(4-14)2-8(6)17-10(12)13/h2-3,10H,1H3. The fourth-order valence-corrected chi connectivity index (χ4v) is 1.31. The number of hydrogen-bond acceptors (Lipinski definition) is 4. The van der Waals surface area contributed by atoms with E-state index in [-0.39, 0.29) is 16.1 Å². The van der Waals surface area contributed by atoms with Gasteiger partial charge in [-0.25, -0.2) is 4.79 Å². The Balaban J connectivity index is 3.31. The van der Waals surface area contributed by atoms with Gasteiger partial charge in [0.15, 0.2) is 0 Å². The Morgan fingerprint density at radius 2 is 2.18 bits per heavy atom. The predicted octanol–water partition coefficient (Wildman–Crippen LogP) is 2.60. The van der Waals surface area contributed by atoms with Crippen LogP contribution in [0, 0.1) is 11.3 Å². The Morgan fingerprint density at radius 1 is 1.53 bits per heavy atom. The highest BCUT2D eigenvalue weighted by atomic mass is 35.5. The number of benzene rings is 1. The van der Waals surface area contributed by atoms with Gasteiger partial charge in [-0.1, -0.05) is 11.6 Å². The van der Waals surface area contributed by atoms with Crippen LogP contribution in [0.5, 0.6) is 5.75 Å². The minimum atomic E-state index is -3.12. The molecule has 0 aliphatic carbocycles. The molecule has 0 unspecified atom stereocenters. The minimum Gasteiger partial charge on any atom is -0.465 e. The average Bonchev–Trinajstić information content (AvgIpc) is 2.29. The zero-order chi connectivity index (χ0) is 13.0. The number of ether oxygens (including phenoxy) is 2. The predicted molar refractivity (Wildman–Crippen MR) is 54.1 cm³/mol. The van der Waals surface area contributed by atoms with Gasteiger partial charge in [0.25, 0.3) is 0 Å². The zero-order valence-electron chi connectivity index (χ0n) is 8.54. The van der Waals surface area contributed by atoms with Crippen molar-refractivity contribution in [2.75, 3.05) is 7.11 Å². The van der Waals surface area contributed by atoms with Gasteiger partial charge >= 0.3 is 12.6 Å². The Hall–Kier alpha value is -1.87. The van der Waals surface area contributed by atoms with Crippen molar-refractivity contribution in [3.05, 3.63) is 28.3 Å². The van der Waals surface area contributed by atoms with Crippen LogP contribution in [0.1, 0.15) is 15.9 Å². The summed E-state index contributed by atoms with van der Waals surface area (Å²) in [5.41, 5.74) is -0.341. The molecule has 1 rings (SSSR count). The second kappa shape index (κ2) is 5.46. The maximum atomic E-state index is 12.1. The molecule has 0 saturated carbocycles. The summed E-state index contributed by atoms with van der Waals surface area (Å²) >= 11 is 5.67. The smallest absolute Gasteiger partial charge is 0.387 e. The molecule has 4 nitrogen and oxygen atoms in total. The molecule has 0 aliphatic heterocycles. The van der Waals surface area contributed by atoms with Crippen molar-refractivity contribution in [2.45, 2.75) is 6.61 Å². The first-order valence-corrected chi connectivity index (χ1v) is 4.64. The molecule has 0 saturated heterocycles. The molecule has 0 amide bonds. The van der Waals surface area contributed by atoms with Crippen molar-refractivity contribution in [2.24, 2.45) is 0 Å². The molecule has 1 aromatic rings. The number of esters is 1. The summed E-state index contributed by atoms with van der Waals surface area (Å²) in [5, 5.41) is 8.62. The molecule has 90 valence electrons. The van der Waals surface area contributed by atoms with Crippen LogP contribution in [0.15, 0.2) is 12.1 Å². The minimum absolute atomic E-state index is 0.0467. The largest absolute Gasteiger partial charge is 0.465 e. The van der Waals surface area contributed by atoms with Crippen molar-refractivity contribution in [1.29, 1.82) is 5.26 Å². The molecular formula is C10H6ClF2NO3. The molecule has 0 aliphatic rings. The summed E-state index contributed by atoms with van der Waals surface area (Å²) in [6.07, 6.45) is 0. The number of halogens is 3. The monoisotopic (exact) mass is 261 g/mol. The number of alkyl halides is 2. The first-order valence-electron chi connectivity index (χ1n) is 4.26. The molecule has 0 N–H and O–H groups in total. The second-order valence-corrected chi connectivity index (χ2v) is 3.22. The van der Waals surface area contributed by atoms with Crippen molar-refractivity contribution in [1.82, 2.24) is 0 Å². The van der Waals surface area contributed by atoms with E-state index < -0.39 is 18.3 Å². The second-order valence-electron chi connectivity index (χ2n) is 2.81. The molecule has 1 aromatic carbocycles. The first-order chi connectivity index (χ1) is 7.99. The molecule has 7 heteroatoms. The highest BCUT2D eigenvalue weighted by molar-refractivity contribution is 6.32. The Kier molecular flexibility index (Phi) is 4.24. The van der Waals surface area contributed by atoms with Crippen LogP contribution < -0.4 is 4.74 Å². The first kappa shape index (κ1) is 13.2. The molecular weight excluding hydrogens is 256 g/mol. The van der Waals surface area contributed by atoms with Crippen LogP contribution >= 0.6 is 11.6 Å². The van der Waals surface area contributed by atoms with Gasteiger partial charge in [0, 0.05) is 6.07 Å². The zero-order valence-corrected chi connectivity index (χ0v) is 9.29. The van der Waals surface area contributed by atoms with Crippen molar-refractivity contribution in [3.8, 4) is 11.8 Å². The summed E-state index contributed by atoms with van der Waals surface area (Å²) in [6, 6.07) is 3.69. The van der Waals surface area contributed by atoms with Crippen LogP contribution in [0.25, 0.3) is 0 Å². The van der Waals surface area contributed by atoms with E-state index in [0.29, 0.717) is 0 Å². The molecule has 0 heterocycles. The summed E-state index contributed by atoms with van der Waals surface area (Å²) in [7, 11) is 1.08. The van der Waals surface area contributed by atoms with E-state index in [4.69, 9.17) is 16.9 Å². The molecule has 0 aromatic heterocycles. The third-order valence-electron chi connectivity index (χ3n) is 1.81. The number of methoxy groups -OCH3 is 1. The lowest BCUT2D eigenvalue weighted by molar-refractivity contribution is -0.0504. The van der Waals surface area contributed by atoms with Crippen LogP contribution in [0.2, 0.25) is 5.02 Å². The number of nitriles is 1. The molecule has 0 fully saturated rings. The highest BCUT2D eigenvalue weighted by Crippen LogP contribution is 2.28. The van der Waals surface area contributed by atoms with Crippen LogP contribution in [-0.2, 0) is 4.74 Å². The van der Waals surface area contributed by atoms with E-state index in [0.717, 1.165) is 19.2 Å². The lowest BCUT2D eigenvalue weighted by Crippen LogP contribution is -2.09. The number of rotatable bonds is 3. The van der Waals surface area contributed by atoms with Crippen LogP contribution in [-0.4, -0.2) is 19.7 Å². The summed E-state index contributed by atoms with van der Waals surface area (Å²) in [5.74, 6) is -1.33.